The first-order chi connectivity index (χ1) is 11.6. The number of likely N-dealkylation sites (tertiary alicyclic amines) is 1. The number of carboxylic acid groups (broad SMARTS) is 1. The van der Waals surface area contributed by atoms with Crippen molar-refractivity contribution in [2.24, 2.45) is 13.0 Å². The van der Waals surface area contributed by atoms with E-state index in [2.05, 4.69) is 10.3 Å². The van der Waals surface area contributed by atoms with Gasteiger partial charge in [0.1, 0.15) is 11.6 Å². The van der Waals surface area contributed by atoms with Gasteiger partial charge in [-0.3, -0.25) is 4.79 Å². The average molecular weight is 328 g/mol. The summed E-state index contributed by atoms with van der Waals surface area (Å²) < 4.78 is 1.62. The Labute approximate surface area is 139 Å². The highest BCUT2D eigenvalue weighted by molar-refractivity contribution is 5.99. The Balaban J connectivity index is 1.71. The first-order valence-corrected chi connectivity index (χ1v) is 8.41. The predicted octanol–water partition coefficient (Wildman–Crippen LogP) is 1.83. The number of benzene rings is 1. The zero-order valence-corrected chi connectivity index (χ0v) is 13.6. The van der Waals surface area contributed by atoms with E-state index < -0.39 is 12.0 Å². The summed E-state index contributed by atoms with van der Waals surface area (Å²) >= 11 is 0. The number of hydrogen-bond donors (Lipinski definition) is 1. The molecule has 2 heterocycles. The minimum absolute atomic E-state index is 0.0488. The standard InChI is InChI=1S/C17H20N4O3/c1-20-14-9-11(6-7-12(14)18-19-20)16(22)21-13-5-3-2-4-10(13)8-15(21)17(23)24/h6-7,9-10,13,15H,2-5,8H2,1H3,(H,23,24). The molecule has 1 saturated heterocycles. The summed E-state index contributed by atoms with van der Waals surface area (Å²) in [6, 6.07) is 4.57. The molecule has 7 nitrogen and oxygen atoms in total. The van der Waals surface area contributed by atoms with Gasteiger partial charge in [0.2, 0.25) is 0 Å². The van der Waals surface area contributed by atoms with E-state index in [4.69, 9.17) is 0 Å². The van der Waals surface area contributed by atoms with E-state index in [0.29, 0.717) is 17.9 Å². The van der Waals surface area contributed by atoms with Crippen LogP contribution >= 0.6 is 0 Å². The van der Waals surface area contributed by atoms with Crippen LogP contribution in [0.25, 0.3) is 11.0 Å². The van der Waals surface area contributed by atoms with Crippen molar-refractivity contribution in [1.29, 1.82) is 0 Å². The van der Waals surface area contributed by atoms with E-state index in [1.807, 2.05) is 0 Å². The minimum Gasteiger partial charge on any atom is -0.480 e. The van der Waals surface area contributed by atoms with Crippen LogP contribution in [0.1, 0.15) is 42.5 Å². The van der Waals surface area contributed by atoms with Crippen molar-refractivity contribution in [2.45, 2.75) is 44.2 Å². The first-order valence-electron chi connectivity index (χ1n) is 8.41. The quantitative estimate of drug-likeness (QED) is 0.908. The van der Waals surface area contributed by atoms with Gasteiger partial charge in [0.05, 0.1) is 5.52 Å². The van der Waals surface area contributed by atoms with Crippen LogP contribution in [0.15, 0.2) is 18.2 Å². The molecular weight excluding hydrogens is 308 g/mol. The molecule has 7 heteroatoms. The number of aromatic nitrogens is 3. The number of carbonyl (C=O) groups excluding carboxylic acids is 1. The molecule has 2 aromatic rings. The Morgan fingerprint density at radius 3 is 2.83 bits per heavy atom. The number of nitrogens with zero attached hydrogens (tertiary/aromatic N) is 4. The average Bonchev–Trinajstić information content (AvgIpc) is 3.15. The molecule has 1 N–H and O–H groups in total. The van der Waals surface area contributed by atoms with Gasteiger partial charge in [-0.25, -0.2) is 9.48 Å². The predicted molar refractivity (Wildman–Crippen MR) is 86.5 cm³/mol. The van der Waals surface area contributed by atoms with Gasteiger partial charge < -0.3 is 10.0 Å². The second kappa shape index (κ2) is 5.58. The van der Waals surface area contributed by atoms with Crippen LogP contribution in [0.4, 0.5) is 0 Å². The fourth-order valence-corrected chi connectivity index (χ4v) is 4.29. The Kier molecular flexibility index (Phi) is 3.51. The summed E-state index contributed by atoms with van der Waals surface area (Å²) in [4.78, 5) is 26.4. The molecule has 1 aliphatic carbocycles. The van der Waals surface area contributed by atoms with Crippen LogP contribution < -0.4 is 0 Å². The van der Waals surface area contributed by atoms with Crippen molar-refractivity contribution in [2.75, 3.05) is 0 Å². The molecule has 24 heavy (non-hydrogen) atoms. The third-order valence-corrected chi connectivity index (χ3v) is 5.47. The zero-order valence-electron chi connectivity index (χ0n) is 13.6. The lowest BCUT2D eigenvalue weighted by molar-refractivity contribution is -0.141. The lowest BCUT2D eigenvalue weighted by atomic mass is 9.84. The van der Waals surface area contributed by atoms with Crippen LogP contribution in [0.3, 0.4) is 0 Å². The third-order valence-electron chi connectivity index (χ3n) is 5.47. The van der Waals surface area contributed by atoms with E-state index in [0.717, 1.165) is 36.7 Å². The van der Waals surface area contributed by atoms with Crippen LogP contribution in [-0.2, 0) is 11.8 Å². The van der Waals surface area contributed by atoms with E-state index in [1.54, 1.807) is 34.8 Å². The largest absolute Gasteiger partial charge is 0.480 e. The number of amides is 1. The fourth-order valence-electron chi connectivity index (χ4n) is 4.29. The van der Waals surface area contributed by atoms with Crippen LogP contribution in [0.2, 0.25) is 0 Å². The molecule has 2 fully saturated rings. The highest BCUT2D eigenvalue weighted by Crippen LogP contribution is 2.40. The van der Waals surface area contributed by atoms with Gasteiger partial charge in [-0.2, -0.15) is 0 Å². The molecule has 126 valence electrons. The molecule has 1 aromatic heterocycles. The number of hydrogen-bond acceptors (Lipinski definition) is 4. The van der Waals surface area contributed by atoms with Gasteiger partial charge in [-0.1, -0.05) is 18.1 Å². The smallest absolute Gasteiger partial charge is 0.326 e. The Morgan fingerprint density at radius 1 is 1.25 bits per heavy atom. The second-order valence-corrected chi connectivity index (χ2v) is 6.83. The van der Waals surface area contributed by atoms with Gasteiger partial charge in [0.15, 0.2) is 0 Å². The Hall–Kier alpha value is -2.44. The number of aliphatic carboxylic acids is 1. The summed E-state index contributed by atoms with van der Waals surface area (Å²) in [5.41, 5.74) is 2.00. The van der Waals surface area contributed by atoms with Gasteiger partial charge in [-0.05, 0) is 43.4 Å². The summed E-state index contributed by atoms with van der Waals surface area (Å²) in [5.74, 6) is -0.785. The minimum atomic E-state index is -0.902. The first kappa shape index (κ1) is 15.1. The molecule has 0 bridgehead atoms. The van der Waals surface area contributed by atoms with E-state index in [-0.39, 0.29) is 11.9 Å². The highest BCUT2D eigenvalue weighted by Gasteiger charge is 2.47. The monoisotopic (exact) mass is 328 g/mol. The summed E-state index contributed by atoms with van der Waals surface area (Å²) in [6.45, 7) is 0. The van der Waals surface area contributed by atoms with Gasteiger partial charge >= 0.3 is 5.97 Å². The molecule has 4 rings (SSSR count). The van der Waals surface area contributed by atoms with E-state index in [1.165, 1.54) is 0 Å². The highest BCUT2D eigenvalue weighted by atomic mass is 16.4. The molecule has 0 radical (unpaired) electrons. The molecule has 1 aliphatic heterocycles. The van der Waals surface area contributed by atoms with E-state index >= 15 is 0 Å². The molecule has 2 aliphatic rings. The lowest BCUT2D eigenvalue weighted by Crippen LogP contribution is -2.46. The van der Waals surface area contributed by atoms with Crippen molar-refractivity contribution in [3.05, 3.63) is 23.8 Å². The van der Waals surface area contributed by atoms with Crippen LogP contribution in [0, 0.1) is 5.92 Å². The van der Waals surface area contributed by atoms with Crippen molar-refractivity contribution in [3.8, 4) is 0 Å². The molecule has 1 amide bonds. The van der Waals surface area contributed by atoms with Crippen LogP contribution in [-0.4, -0.2) is 49.0 Å². The summed E-state index contributed by atoms with van der Waals surface area (Å²) in [7, 11) is 1.77. The summed E-state index contributed by atoms with van der Waals surface area (Å²) in [5, 5.41) is 17.6. The number of rotatable bonds is 2. The number of fused-ring (bicyclic) bond motifs is 2. The topological polar surface area (TPSA) is 88.3 Å². The van der Waals surface area contributed by atoms with Crippen molar-refractivity contribution in [1.82, 2.24) is 19.9 Å². The lowest BCUT2D eigenvalue weighted by Gasteiger charge is -2.33. The van der Waals surface area contributed by atoms with Gasteiger partial charge in [0, 0.05) is 18.7 Å². The van der Waals surface area contributed by atoms with Crippen molar-refractivity contribution in [3.63, 3.8) is 0 Å². The van der Waals surface area contributed by atoms with Gasteiger partial charge in [0.25, 0.3) is 5.91 Å². The zero-order chi connectivity index (χ0) is 16.8. The number of aryl methyl sites for hydroxylation is 1. The molecule has 0 spiro atoms. The van der Waals surface area contributed by atoms with E-state index in [9.17, 15) is 14.7 Å². The molecule has 1 aromatic carbocycles. The normalized spacial score (nSPS) is 26.5. The van der Waals surface area contributed by atoms with Crippen molar-refractivity contribution < 1.29 is 14.7 Å². The third kappa shape index (κ3) is 2.26. The Morgan fingerprint density at radius 2 is 2.04 bits per heavy atom. The van der Waals surface area contributed by atoms with Gasteiger partial charge in [-0.15, -0.1) is 5.10 Å². The number of carboxylic acids is 1. The fraction of sp³-hybridized carbons (Fsp3) is 0.529. The Bertz CT molecular complexity index is 815. The number of carbonyl (C=O) groups is 2. The maximum Gasteiger partial charge on any atom is 0.326 e. The summed E-state index contributed by atoms with van der Waals surface area (Å²) in [6.07, 6.45) is 4.67. The molecular formula is C17H20N4O3. The van der Waals surface area contributed by atoms with Crippen LogP contribution in [0.5, 0.6) is 0 Å². The maximum atomic E-state index is 13.1. The molecule has 3 unspecified atom stereocenters. The SMILES string of the molecule is Cn1nnc2ccc(C(=O)N3C(C(=O)O)CC4CCCCC43)cc21. The molecule has 3 atom stereocenters. The second-order valence-electron chi connectivity index (χ2n) is 6.83. The van der Waals surface area contributed by atoms with Crippen molar-refractivity contribution >= 4 is 22.9 Å². The maximum absolute atomic E-state index is 13.1. The molecule has 1 saturated carbocycles.